The first-order valence-electron chi connectivity index (χ1n) is 7.67. The van der Waals surface area contributed by atoms with Crippen LogP contribution < -0.4 is 10.1 Å². The predicted molar refractivity (Wildman–Crippen MR) is 93.2 cm³/mol. The van der Waals surface area contributed by atoms with E-state index in [1.165, 1.54) is 18.5 Å². The van der Waals surface area contributed by atoms with Gasteiger partial charge in [-0.25, -0.2) is 0 Å². The average molecular weight is 403 g/mol. The molecule has 0 bridgehead atoms. The van der Waals surface area contributed by atoms with Gasteiger partial charge in [0.2, 0.25) is 0 Å². The normalized spacial score (nSPS) is 14.2. The minimum atomic E-state index is -3.87. The van der Waals surface area contributed by atoms with Crippen molar-refractivity contribution < 1.29 is 23.0 Å². The second kappa shape index (κ2) is 7.34. The van der Waals surface area contributed by atoms with Crippen LogP contribution in [0, 0.1) is 0 Å². The lowest BCUT2D eigenvalue weighted by Crippen LogP contribution is -2.28. The maximum absolute atomic E-state index is 13.7. The van der Waals surface area contributed by atoms with Gasteiger partial charge in [0.25, 0.3) is 5.91 Å². The molecule has 138 valence electrons. The summed E-state index contributed by atoms with van der Waals surface area (Å²) in [6, 6.07) is 4.64. The van der Waals surface area contributed by atoms with Gasteiger partial charge in [0.1, 0.15) is 5.75 Å². The fourth-order valence-corrected chi connectivity index (χ4v) is 2.89. The second-order valence-corrected chi connectivity index (χ2v) is 6.51. The topological polar surface area (TPSA) is 60.5 Å². The van der Waals surface area contributed by atoms with Crippen LogP contribution in [0.4, 0.5) is 14.5 Å². The number of ether oxygens (including phenoxy) is 2. The third-order valence-corrected chi connectivity index (χ3v) is 4.43. The Morgan fingerprint density at radius 2 is 1.92 bits per heavy atom. The molecule has 1 aromatic heterocycles. The molecule has 1 saturated carbocycles. The Kier molecular flexibility index (Phi) is 5.32. The number of pyridine rings is 1. The Labute approximate surface area is 158 Å². The minimum Gasteiger partial charge on any atom is -0.408 e. The van der Waals surface area contributed by atoms with Crippen LogP contribution in [-0.2, 0) is 4.74 Å². The zero-order chi connectivity index (χ0) is 18.9. The number of carbonyl (C=O) groups is 1. The highest BCUT2D eigenvalue weighted by atomic mass is 35.5. The van der Waals surface area contributed by atoms with Crippen molar-refractivity contribution >= 4 is 34.8 Å². The van der Waals surface area contributed by atoms with Crippen molar-refractivity contribution in [1.82, 2.24) is 4.98 Å². The molecule has 2 aromatic rings. The zero-order valence-electron chi connectivity index (χ0n) is 13.6. The molecule has 1 fully saturated rings. The van der Waals surface area contributed by atoms with Crippen LogP contribution in [0.5, 0.6) is 5.75 Å². The number of halogens is 4. The first kappa shape index (κ1) is 18.8. The van der Waals surface area contributed by atoms with Crippen molar-refractivity contribution in [3.63, 3.8) is 0 Å². The molecule has 0 saturated heterocycles. The van der Waals surface area contributed by atoms with Gasteiger partial charge in [-0.3, -0.25) is 14.5 Å². The van der Waals surface area contributed by atoms with E-state index >= 15 is 0 Å². The number of rotatable bonds is 6. The molecule has 0 unspecified atom stereocenters. The Morgan fingerprint density at radius 3 is 2.50 bits per heavy atom. The molecule has 26 heavy (non-hydrogen) atoms. The van der Waals surface area contributed by atoms with Crippen LogP contribution in [0.2, 0.25) is 10.0 Å². The third kappa shape index (κ3) is 4.06. The monoisotopic (exact) mass is 402 g/mol. The number of amides is 1. The molecule has 1 aliphatic carbocycles. The van der Waals surface area contributed by atoms with Crippen molar-refractivity contribution in [2.24, 2.45) is 0 Å². The Morgan fingerprint density at radius 1 is 1.27 bits per heavy atom. The van der Waals surface area contributed by atoms with Gasteiger partial charge in [-0.2, -0.15) is 0 Å². The fourth-order valence-electron chi connectivity index (χ4n) is 2.44. The van der Waals surface area contributed by atoms with E-state index in [-0.39, 0.29) is 33.0 Å². The van der Waals surface area contributed by atoms with Crippen LogP contribution >= 0.6 is 23.2 Å². The van der Waals surface area contributed by atoms with E-state index in [2.05, 4.69) is 15.0 Å². The van der Waals surface area contributed by atoms with Gasteiger partial charge in [-0.1, -0.05) is 35.3 Å². The predicted octanol–water partition coefficient (Wildman–Crippen LogP) is 5.09. The largest absolute Gasteiger partial charge is 0.535 e. The van der Waals surface area contributed by atoms with E-state index in [1.54, 1.807) is 12.1 Å². The highest BCUT2D eigenvalue weighted by Crippen LogP contribution is 2.46. The van der Waals surface area contributed by atoms with E-state index in [9.17, 15) is 13.6 Å². The SMILES string of the molecule is COC(F)(F)Oc1c(C(=O)Nc2c(Cl)cncc2Cl)cccc1C1CC1. The number of methoxy groups -OCH3 is 1. The molecule has 0 atom stereocenters. The zero-order valence-corrected chi connectivity index (χ0v) is 15.1. The summed E-state index contributed by atoms with van der Waals surface area (Å²) < 4.78 is 36.1. The molecule has 3 rings (SSSR count). The molecule has 1 aliphatic rings. The van der Waals surface area contributed by atoms with E-state index in [0.29, 0.717) is 5.56 Å². The number of benzene rings is 1. The molecule has 5 nitrogen and oxygen atoms in total. The smallest absolute Gasteiger partial charge is 0.408 e. The summed E-state index contributed by atoms with van der Waals surface area (Å²) in [5.41, 5.74) is 0.589. The molecule has 1 amide bonds. The van der Waals surface area contributed by atoms with E-state index in [1.807, 2.05) is 0 Å². The van der Waals surface area contributed by atoms with Gasteiger partial charge in [-0.05, 0) is 30.4 Å². The maximum atomic E-state index is 13.7. The Bertz CT molecular complexity index is 825. The van der Waals surface area contributed by atoms with Crippen LogP contribution in [0.15, 0.2) is 30.6 Å². The molecule has 1 aromatic carbocycles. The molecule has 0 aliphatic heterocycles. The maximum Gasteiger partial charge on any atom is 0.535 e. The number of aromatic nitrogens is 1. The van der Waals surface area contributed by atoms with Gasteiger partial charge >= 0.3 is 6.29 Å². The molecular formula is C17H14Cl2F2N2O3. The minimum absolute atomic E-state index is 0.0681. The summed E-state index contributed by atoms with van der Waals surface area (Å²) in [4.78, 5) is 16.5. The highest BCUT2D eigenvalue weighted by molar-refractivity contribution is 6.39. The van der Waals surface area contributed by atoms with Crippen molar-refractivity contribution in [3.05, 3.63) is 51.8 Å². The van der Waals surface area contributed by atoms with Crippen molar-refractivity contribution in [2.45, 2.75) is 25.1 Å². The molecular weight excluding hydrogens is 389 g/mol. The van der Waals surface area contributed by atoms with Gasteiger partial charge in [-0.15, -0.1) is 8.78 Å². The van der Waals surface area contributed by atoms with Gasteiger partial charge < -0.3 is 10.1 Å². The van der Waals surface area contributed by atoms with Crippen molar-refractivity contribution in [1.29, 1.82) is 0 Å². The highest BCUT2D eigenvalue weighted by Gasteiger charge is 2.37. The van der Waals surface area contributed by atoms with Crippen LogP contribution in [0.1, 0.15) is 34.7 Å². The molecule has 9 heteroatoms. The molecule has 1 N–H and O–H groups in total. The van der Waals surface area contributed by atoms with Crippen LogP contribution in [0.3, 0.4) is 0 Å². The summed E-state index contributed by atoms with van der Waals surface area (Å²) >= 11 is 12.0. The number of hydrogen-bond donors (Lipinski definition) is 1. The third-order valence-electron chi connectivity index (χ3n) is 3.86. The van der Waals surface area contributed by atoms with Gasteiger partial charge in [0.15, 0.2) is 0 Å². The Balaban J connectivity index is 1.98. The first-order valence-corrected chi connectivity index (χ1v) is 8.43. The first-order chi connectivity index (χ1) is 12.3. The summed E-state index contributed by atoms with van der Waals surface area (Å²) in [6.45, 7) is 0. The van der Waals surface area contributed by atoms with Crippen LogP contribution in [0.25, 0.3) is 0 Å². The summed E-state index contributed by atoms with van der Waals surface area (Å²) in [7, 11) is 0.815. The number of anilines is 1. The number of nitrogens with one attached hydrogen (secondary N) is 1. The molecule has 0 radical (unpaired) electrons. The van der Waals surface area contributed by atoms with E-state index in [0.717, 1.165) is 20.0 Å². The van der Waals surface area contributed by atoms with E-state index in [4.69, 9.17) is 27.9 Å². The summed E-state index contributed by atoms with van der Waals surface area (Å²) in [5.74, 6) is -0.844. The lowest BCUT2D eigenvalue weighted by molar-refractivity contribution is -0.342. The lowest BCUT2D eigenvalue weighted by atomic mass is 10.0. The van der Waals surface area contributed by atoms with Gasteiger partial charge in [0, 0.05) is 19.5 Å². The standard InChI is InChI=1S/C17H14Cl2F2N2O3/c1-25-17(20,21)26-15-10(9-5-6-9)3-2-4-11(15)16(24)23-14-12(18)7-22-8-13(14)19/h2-4,7-9H,5-6H2,1H3,(H,22,23,24). The molecule has 0 spiro atoms. The van der Waals surface area contributed by atoms with Crippen molar-refractivity contribution in [3.8, 4) is 5.75 Å². The van der Waals surface area contributed by atoms with Crippen LogP contribution in [-0.4, -0.2) is 24.3 Å². The summed E-state index contributed by atoms with van der Waals surface area (Å²) in [6.07, 6.45) is 0.413. The summed E-state index contributed by atoms with van der Waals surface area (Å²) in [5, 5.41) is 2.76. The number of alkyl halides is 2. The van der Waals surface area contributed by atoms with Crippen molar-refractivity contribution in [2.75, 3.05) is 12.4 Å². The fraction of sp³-hybridized carbons (Fsp3) is 0.294. The average Bonchev–Trinajstić information content (AvgIpc) is 3.43. The number of hydrogen-bond acceptors (Lipinski definition) is 4. The van der Waals surface area contributed by atoms with Gasteiger partial charge in [0.05, 0.1) is 21.3 Å². The molecule has 1 heterocycles. The number of nitrogens with zero attached hydrogens (tertiary/aromatic N) is 1. The second-order valence-electron chi connectivity index (χ2n) is 5.70. The quantitative estimate of drug-likeness (QED) is 0.683. The lowest BCUT2D eigenvalue weighted by Gasteiger charge is -2.20. The Hall–Kier alpha value is -1.96. The number of para-hydroxylation sites is 1. The van der Waals surface area contributed by atoms with E-state index < -0.39 is 12.2 Å². The number of carbonyl (C=O) groups excluding carboxylic acids is 1.